The van der Waals surface area contributed by atoms with Gasteiger partial charge in [0.15, 0.2) is 11.4 Å². The van der Waals surface area contributed by atoms with Crippen molar-refractivity contribution >= 4 is 65.7 Å². The van der Waals surface area contributed by atoms with Crippen molar-refractivity contribution in [2.24, 2.45) is 0 Å². The van der Waals surface area contributed by atoms with E-state index >= 15 is 0 Å². The van der Waals surface area contributed by atoms with Crippen LogP contribution in [0.15, 0.2) is 192 Å². The first kappa shape index (κ1) is 15.3. The van der Waals surface area contributed by atoms with Crippen molar-refractivity contribution in [3.8, 4) is 45.1 Å². The van der Waals surface area contributed by atoms with Gasteiger partial charge in [-0.25, -0.2) is 9.97 Å². The molecule has 12 rings (SSSR count). The molecule has 58 heavy (non-hydrogen) atoms. The Morgan fingerprint density at radius 3 is 1.91 bits per heavy atom. The minimum atomic E-state index is -0.927. The van der Waals surface area contributed by atoms with E-state index in [-0.39, 0.29) is 49.9 Å². The minimum Gasteiger partial charge on any atom is -0.452 e. The number of furan rings is 1. The Kier molecular flexibility index (Phi) is 3.33. The van der Waals surface area contributed by atoms with Gasteiger partial charge in [-0.1, -0.05) is 133 Å². The molecule has 0 saturated heterocycles. The summed E-state index contributed by atoms with van der Waals surface area (Å²) in [4.78, 5) is 9.09. The van der Waals surface area contributed by atoms with Gasteiger partial charge in [0, 0.05) is 49.4 Å². The average Bonchev–Trinajstić information content (AvgIpc) is 1.53. The van der Waals surface area contributed by atoms with E-state index in [9.17, 15) is 12.3 Å². The Labute approximate surface area is 373 Å². The second-order valence-electron chi connectivity index (χ2n) is 12.9. The molecule has 4 heterocycles. The molecule has 272 valence electrons. The molecule has 0 aliphatic carbocycles. The highest BCUT2D eigenvalue weighted by Crippen LogP contribution is 2.41. The summed E-state index contributed by atoms with van der Waals surface area (Å²) in [5.41, 5.74) is -6.14. The normalized spacial score (nSPS) is 18.6. The second kappa shape index (κ2) is 12.6. The van der Waals surface area contributed by atoms with Gasteiger partial charge in [-0.15, -0.1) is 0 Å². The summed E-state index contributed by atoms with van der Waals surface area (Å²) in [7, 11) is 0. The fraction of sp³-hybridized carbons (Fsp3) is 0.0189. The summed E-state index contributed by atoms with van der Waals surface area (Å²) in [6.07, 6.45) is 0. The number of aromatic nitrogens is 4. The largest absolute Gasteiger partial charge is 0.452 e. The number of fused-ring (bicyclic) bond motifs is 9. The highest BCUT2D eigenvalue weighted by Gasteiger charge is 2.21. The Morgan fingerprint density at radius 2 is 1.10 bits per heavy atom. The van der Waals surface area contributed by atoms with Crippen LogP contribution in [0.1, 0.15) is 43.9 Å². The molecule has 0 aliphatic rings. The van der Waals surface area contributed by atoms with Gasteiger partial charge in [-0.3, -0.25) is 0 Å². The Balaban J connectivity index is 1.24. The first-order valence-corrected chi connectivity index (χ1v) is 17.4. The molecular formula is C53H34N4O. The number of hydrogen-bond acceptors (Lipinski definition) is 3. The van der Waals surface area contributed by atoms with Crippen LogP contribution in [0.25, 0.3) is 111 Å². The van der Waals surface area contributed by atoms with Gasteiger partial charge in [0.1, 0.15) is 16.8 Å². The maximum absolute atomic E-state index is 10.1. The zero-order valence-corrected chi connectivity index (χ0v) is 29.4. The number of hydrogen-bond donors (Lipinski definition) is 0. The summed E-state index contributed by atoms with van der Waals surface area (Å²) in [6.45, 7) is 1.31. The molecule has 0 N–H and O–H groups in total. The van der Waals surface area contributed by atoms with E-state index in [0.717, 1.165) is 9.13 Å². The van der Waals surface area contributed by atoms with Gasteiger partial charge >= 0.3 is 0 Å². The van der Waals surface area contributed by atoms with Crippen LogP contribution in [0, 0.1) is 6.92 Å². The van der Waals surface area contributed by atoms with Crippen molar-refractivity contribution in [1.82, 2.24) is 19.1 Å². The van der Waals surface area contributed by atoms with Gasteiger partial charge < -0.3 is 13.6 Å². The van der Waals surface area contributed by atoms with Crippen molar-refractivity contribution in [2.45, 2.75) is 6.92 Å². The predicted molar refractivity (Wildman–Crippen MR) is 239 cm³/mol. The van der Waals surface area contributed by atoms with Gasteiger partial charge in [0.25, 0.3) is 0 Å². The molecule has 5 heteroatoms. The molecule has 0 bridgehead atoms. The van der Waals surface area contributed by atoms with Crippen LogP contribution in [0.5, 0.6) is 0 Å². The van der Waals surface area contributed by atoms with Crippen molar-refractivity contribution in [2.75, 3.05) is 0 Å². The molecule has 0 atom stereocenters. The fourth-order valence-electron chi connectivity index (χ4n) is 7.13. The Hall–Kier alpha value is -7.76. The lowest BCUT2D eigenvalue weighted by Crippen LogP contribution is -1.96. The monoisotopic (exact) mass is 770 g/mol. The van der Waals surface area contributed by atoms with Crippen LogP contribution in [-0.2, 0) is 0 Å². The summed E-state index contributed by atoms with van der Waals surface area (Å²) < 4.78 is 259. The minimum absolute atomic E-state index is 0.0569. The summed E-state index contributed by atoms with van der Waals surface area (Å²) in [6, 6.07) is -17.9. The second-order valence-corrected chi connectivity index (χ2v) is 12.9. The fourth-order valence-corrected chi connectivity index (χ4v) is 7.13. The summed E-state index contributed by atoms with van der Waals surface area (Å²) >= 11 is 0. The van der Waals surface area contributed by atoms with Crippen LogP contribution < -0.4 is 0 Å². The van der Waals surface area contributed by atoms with Crippen molar-refractivity contribution in [3.63, 3.8) is 0 Å². The molecule has 0 radical (unpaired) electrons. The van der Waals surface area contributed by atoms with Crippen LogP contribution in [0.4, 0.5) is 0 Å². The maximum Gasteiger partial charge on any atom is 0.180 e. The van der Waals surface area contributed by atoms with Crippen molar-refractivity contribution < 1.29 is 42.8 Å². The van der Waals surface area contributed by atoms with E-state index in [2.05, 4.69) is 9.97 Å². The summed E-state index contributed by atoms with van der Waals surface area (Å²) in [5.74, 6) is -0.597. The van der Waals surface area contributed by atoms with E-state index < -0.39 is 236 Å². The van der Waals surface area contributed by atoms with E-state index in [1.165, 1.54) is 25.1 Å². The predicted octanol–water partition coefficient (Wildman–Crippen LogP) is 13.9. The topological polar surface area (TPSA) is 48.8 Å². The van der Waals surface area contributed by atoms with E-state index in [0.29, 0.717) is 0 Å². The van der Waals surface area contributed by atoms with Crippen molar-refractivity contribution in [3.05, 3.63) is 193 Å². The number of nitrogens with zero attached hydrogens (tertiary/aromatic N) is 4. The van der Waals surface area contributed by atoms with Crippen LogP contribution >= 0.6 is 0 Å². The van der Waals surface area contributed by atoms with Crippen LogP contribution in [0.3, 0.4) is 0 Å². The van der Waals surface area contributed by atoms with Crippen LogP contribution in [-0.4, -0.2) is 19.1 Å². The van der Waals surface area contributed by atoms with E-state index in [1.807, 2.05) is 0 Å². The third kappa shape index (κ3) is 4.90. The molecule has 12 aromatic rings. The number of rotatable bonds is 5. The van der Waals surface area contributed by atoms with E-state index in [1.54, 1.807) is 0 Å². The zero-order valence-electron chi connectivity index (χ0n) is 57.4. The number of benzene rings is 8. The molecule has 5 nitrogen and oxygen atoms in total. The Morgan fingerprint density at radius 1 is 0.483 bits per heavy atom. The Bertz CT molecular complexity index is 5150. The third-order valence-corrected chi connectivity index (χ3v) is 9.65. The summed E-state index contributed by atoms with van der Waals surface area (Å²) in [5, 5.41) is -1.79. The first-order valence-electron chi connectivity index (χ1n) is 31.4. The SMILES string of the molecule is [2H]c1c([2H])c([2H])c(-c2nc(-c3c([2H])c([2H])c([2H])c([2H])c3[2H])c3oc4ccc(-n5c6c([2H])c([2H])c([2H])c([2H])c6c6c([2H])c([2H])c(-c7c([2H])c([2H])c8c(c7[2H])c7c([2H])c([2H])c([2H])c([2H])c7n8-c7c([2H])c([2H])c([2H])c([2H])c7C)c([2H])c65)cc4c3n2)c([2H])c1[2H]. The quantitative estimate of drug-likeness (QED) is 0.175. The highest BCUT2D eigenvalue weighted by atomic mass is 16.3. The molecule has 0 fully saturated rings. The highest BCUT2D eigenvalue weighted by molar-refractivity contribution is 6.13. The van der Waals surface area contributed by atoms with Crippen molar-refractivity contribution in [1.29, 1.82) is 0 Å². The van der Waals surface area contributed by atoms with E-state index in [4.69, 9.17) is 30.5 Å². The standard InChI is InChI=1S/C53H34N4O/c1-33-14-8-11-21-44(33)57-46-23-13-10-20-40(46)42-30-36(25-28-47(42)57)37-24-27-41-39-19-9-12-22-45(39)56(48(41)31-37)38-26-29-49-43(32-38)51-52(58-49)50(34-15-4-2-5-16-34)54-53(55-51)35-17-6-3-7-18-35/h2-32H,1H3/i2D,3D,4D,5D,6D,7D,8D,9D,10D,11D,12D,13D,14D,15D,16D,17D,18D,19D,20D,21D,22D,23D,24D,25D,27D,28D,30D,31D. The number of para-hydroxylation sites is 3. The third-order valence-electron chi connectivity index (χ3n) is 9.65. The molecule has 0 unspecified atom stereocenters. The van der Waals surface area contributed by atoms with Gasteiger partial charge in [-0.05, 0) is 78.1 Å². The van der Waals surface area contributed by atoms with Gasteiger partial charge in [-0.2, -0.15) is 0 Å². The van der Waals surface area contributed by atoms with Crippen LogP contribution in [0.2, 0.25) is 0 Å². The first-order chi connectivity index (χ1) is 40.3. The lowest BCUT2D eigenvalue weighted by molar-refractivity contribution is 0.667. The molecule has 4 aromatic heterocycles. The zero-order chi connectivity index (χ0) is 62.7. The maximum atomic E-state index is 10.1. The molecule has 0 saturated carbocycles. The molecule has 0 spiro atoms. The van der Waals surface area contributed by atoms with Gasteiger partial charge in [0.2, 0.25) is 0 Å². The molecule has 0 amide bonds. The molecular weight excluding hydrogens is 709 g/mol. The average molecular weight is 771 g/mol. The lowest BCUT2D eigenvalue weighted by atomic mass is 10.0. The van der Waals surface area contributed by atoms with Gasteiger partial charge in [0.05, 0.1) is 60.4 Å². The molecule has 0 aliphatic heterocycles. The lowest BCUT2D eigenvalue weighted by Gasteiger charge is -2.11. The molecule has 8 aromatic carbocycles. The smallest absolute Gasteiger partial charge is 0.180 e.